The molecule has 0 spiro atoms. The highest BCUT2D eigenvalue weighted by atomic mass is 32.3. The van der Waals surface area contributed by atoms with Crippen LogP contribution in [0, 0.1) is 5.92 Å². The van der Waals surface area contributed by atoms with Crippen molar-refractivity contribution in [3.8, 4) is 0 Å². The van der Waals surface area contributed by atoms with E-state index in [4.69, 9.17) is 0 Å². The average molecular weight is 409 g/mol. The zero-order valence-electron chi connectivity index (χ0n) is 15.2. The second-order valence-electron chi connectivity index (χ2n) is 6.39. The maximum atomic E-state index is 13.3. The summed E-state index contributed by atoms with van der Waals surface area (Å²) in [6.07, 6.45) is 2.25. The largest absolute Gasteiger partial charge is 0.303 e. The Morgan fingerprint density at radius 1 is 0.815 bits per heavy atom. The first-order chi connectivity index (χ1) is 12.9. The van der Waals surface area contributed by atoms with Gasteiger partial charge in [-0.3, -0.25) is 0 Å². The van der Waals surface area contributed by atoms with E-state index in [1.54, 1.807) is 36.4 Å². The number of benzene rings is 2. The summed E-state index contributed by atoms with van der Waals surface area (Å²) in [5.41, 5.74) is 0. The predicted octanol–water partition coefficient (Wildman–Crippen LogP) is 3.66. The molecule has 0 fully saturated rings. The van der Waals surface area contributed by atoms with E-state index in [0.29, 0.717) is 19.1 Å². The minimum absolute atomic E-state index is 0.0538. The summed E-state index contributed by atoms with van der Waals surface area (Å²) in [4.78, 5) is 11.1. The van der Waals surface area contributed by atoms with Crippen molar-refractivity contribution in [2.45, 2.75) is 47.0 Å². The third-order valence-corrected chi connectivity index (χ3v) is 9.84. The second kappa shape index (κ2) is 9.28. The molecule has 5 nitrogen and oxygen atoms in total. The molecule has 0 saturated heterocycles. The van der Waals surface area contributed by atoms with Gasteiger partial charge in [0.15, 0.2) is 24.3 Å². The maximum Gasteiger partial charge on any atom is 0.196 e. The molecule has 0 aliphatic heterocycles. The second-order valence-corrected chi connectivity index (χ2v) is 10.8. The fourth-order valence-electron chi connectivity index (χ4n) is 3.12. The number of carbonyl (C=O) groups is 1. The van der Waals surface area contributed by atoms with Crippen LogP contribution in [0.15, 0.2) is 70.5 Å². The van der Waals surface area contributed by atoms with Crippen LogP contribution in [0.5, 0.6) is 0 Å². The van der Waals surface area contributed by atoms with Crippen LogP contribution in [0.3, 0.4) is 0 Å². The fourth-order valence-corrected chi connectivity index (χ4v) is 8.24. The maximum absolute atomic E-state index is 13.3. The normalized spacial score (nSPS) is 13.4. The highest BCUT2D eigenvalue weighted by molar-refractivity contribution is 8.09. The van der Waals surface area contributed by atoms with E-state index in [9.17, 15) is 21.6 Å². The van der Waals surface area contributed by atoms with Gasteiger partial charge in [0, 0.05) is 6.42 Å². The smallest absolute Gasteiger partial charge is 0.196 e. The first-order valence-corrected chi connectivity index (χ1v) is 12.0. The lowest BCUT2D eigenvalue weighted by Gasteiger charge is -2.26. The third-order valence-electron chi connectivity index (χ3n) is 4.47. The van der Waals surface area contributed by atoms with Gasteiger partial charge in [0.25, 0.3) is 0 Å². The van der Waals surface area contributed by atoms with Gasteiger partial charge >= 0.3 is 0 Å². The van der Waals surface area contributed by atoms with E-state index in [1.807, 2.05) is 6.92 Å². The molecule has 1 atom stereocenters. The summed E-state index contributed by atoms with van der Waals surface area (Å²) in [5, 5.41) is 0. The van der Waals surface area contributed by atoms with E-state index < -0.39 is 30.2 Å². The first kappa shape index (κ1) is 21.3. The summed E-state index contributed by atoms with van der Waals surface area (Å²) in [5.74, 6) is -0.808. The van der Waals surface area contributed by atoms with Crippen molar-refractivity contribution in [1.29, 1.82) is 0 Å². The number of carbonyl (C=O) groups excluding carboxylic acids is 1. The molecule has 7 heteroatoms. The molecule has 2 aromatic rings. The van der Waals surface area contributed by atoms with E-state index in [2.05, 4.69) is 0 Å². The van der Waals surface area contributed by atoms with Crippen molar-refractivity contribution in [3.05, 3.63) is 60.7 Å². The van der Waals surface area contributed by atoms with Gasteiger partial charge in [-0.25, -0.2) is 16.8 Å². The number of unbranched alkanes of at least 4 members (excludes halogenated alkanes) is 1. The molecule has 2 aromatic carbocycles. The Morgan fingerprint density at radius 3 is 1.63 bits per heavy atom. The summed E-state index contributed by atoms with van der Waals surface area (Å²) >= 11 is 0. The number of rotatable bonds is 10. The Labute approximate surface area is 161 Å². The van der Waals surface area contributed by atoms with Crippen molar-refractivity contribution in [3.63, 3.8) is 0 Å². The molecule has 0 bridgehead atoms. The number of hydrogen-bond acceptors (Lipinski definition) is 5. The van der Waals surface area contributed by atoms with Gasteiger partial charge in [-0.05, 0) is 36.6 Å². The Balaban J connectivity index is 2.66. The fraction of sp³-hybridized carbons (Fsp3) is 0.350. The number of sulfone groups is 2. The van der Waals surface area contributed by atoms with Crippen LogP contribution >= 0.6 is 0 Å². The molecule has 0 aromatic heterocycles. The van der Waals surface area contributed by atoms with Gasteiger partial charge in [-0.1, -0.05) is 56.2 Å². The predicted molar refractivity (Wildman–Crippen MR) is 105 cm³/mol. The zero-order chi connectivity index (χ0) is 19.9. The van der Waals surface area contributed by atoms with E-state index in [0.717, 1.165) is 6.42 Å². The first-order valence-electron chi connectivity index (χ1n) is 8.87. The molecular formula is C20H24O5S2. The standard InChI is InChI=1S/C20H24O5S2/c1-2-3-10-17(15-16-21)20(26(22,23)18-11-6-4-7-12-18)27(24,25)19-13-8-5-9-14-19/h4-9,11-14,16-17,20H,2-3,10,15H2,1H3/t17-/m1/s1. The summed E-state index contributed by atoms with van der Waals surface area (Å²) in [6.45, 7) is 1.93. The molecule has 0 aliphatic carbocycles. The minimum atomic E-state index is -4.21. The molecule has 0 radical (unpaired) electrons. The van der Waals surface area contributed by atoms with Crippen LogP contribution in [-0.2, 0) is 24.5 Å². The van der Waals surface area contributed by atoms with Gasteiger partial charge in [-0.15, -0.1) is 0 Å². The lowest BCUT2D eigenvalue weighted by atomic mass is 10.0. The van der Waals surface area contributed by atoms with Crippen molar-refractivity contribution >= 4 is 26.0 Å². The highest BCUT2D eigenvalue weighted by Crippen LogP contribution is 2.34. The third kappa shape index (κ3) is 4.84. The zero-order valence-corrected chi connectivity index (χ0v) is 16.8. The van der Waals surface area contributed by atoms with Crippen LogP contribution in [0.4, 0.5) is 0 Å². The van der Waals surface area contributed by atoms with Crippen LogP contribution in [0.1, 0.15) is 32.6 Å². The molecule has 0 N–H and O–H groups in total. The lowest BCUT2D eigenvalue weighted by Crippen LogP contribution is -2.38. The molecule has 2 rings (SSSR count). The molecule has 0 amide bonds. The Bertz CT molecular complexity index is 867. The molecule has 0 aliphatic rings. The van der Waals surface area contributed by atoms with Gasteiger partial charge < -0.3 is 4.79 Å². The quantitative estimate of drug-likeness (QED) is 0.560. The molecule has 0 unspecified atom stereocenters. The van der Waals surface area contributed by atoms with E-state index in [1.165, 1.54) is 24.3 Å². The van der Waals surface area contributed by atoms with Gasteiger partial charge in [0.2, 0.25) is 0 Å². The summed E-state index contributed by atoms with van der Waals surface area (Å²) in [6, 6.07) is 15.1. The van der Waals surface area contributed by atoms with Gasteiger partial charge in [0.05, 0.1) is 9.79 Å². The minimum Gasteiger partial charge on any atom is -0.303 e. The Hall–Kier alpha value is -1.99. The van der Waals surface area contributed by atoms with Crippen LogP contribution < -0.4 is 0 Å². The SMILES string of the molecule is CCCC[C@H](CC=O)C(S(=O)(=O)c1ccccc1)S(=O)(=O)c1ccccc1. The summed E-state index contributed by atoms with van der Waals surface area (Å²) in [7, 11) is -8.41. The highest BCUT2D eigenvalue weighted by Gasteiger charge is 2.44. The Kier molecular flexibility index (Phi) is 7.33. The molecule has 146 valence electrons. The van der Waals surface area contributed by atoms with Crippen LogP contribution in [0.2, 0.25) is 0 Å². The molecular weight excluding hydrogens is 384 g/mol. The summed E-state index contributed by atoms with van der Waals surface area (Å²) < 4.78 is 51.6. The van der Waals surface area contributed by atoms with Crippen LogP contribution in [0.25, 0.3) is 0 Å². The number of aldehydes is 1. The Morgan fingerprint density at radius 2 is 1.26 bits per heavy atom. The lowest BCUT2D eigenvalue weighted by molar-refractivity contribution is -0.108. The van der Waals surface area contributed by atoms with E-state index in [-0.39, 0.29) is 16.2 Å². The monoisotopic (exact) mass is 408 g/mol. The van der Waals surface area contributed by atoms with Gasteiger partial charge in [-0.2, -0.15) is 0 Å². The molecule has 0 heterocycles. The van der Waals surface area contributed by atoms with Gasteiger partial charge in [0.1, 0.15) is 6.29 Å². The van der Waals surface area contributed by atoms with Crippen LogP contribution in [-0.4, -0.2) is 27.7 Å². The van der Waals surface area contributed by atoms with Crippen molar-refractivity contribution in [2.24, 2.45) is 5.92 Å². The molecule has 0 saturated carbocycles. The van der Waals surface area contributed by atoms with E-state index >= 15 is 0 Å². The van der Waals surface area contributed by atoms with Crippen molar-refractivity contribution in [2.75, 3.05) is 0 Å². The topological polar surface area (TPSA) is 85.3 Å². The molecule has 27 heavy (non-hydrogen) atoms. The number of hydrogen-bond donors (Lipinski definition) is 0. The van der Waals surface area contributed by atoms with Crippen molar-refractivity contribution in [1.82, 2.24) is 0 Å². The van der Waals surface area contributed by atoms with Crippen molar-refractivity contribution < 1.29 is 21.6 Å². The average Bonchev–Trinajstić information content (AvgIpc) is 2.67.